The van der Waals surface area contributed by atoms with Gasteiger partial charge in [-0.1, -0.05) is 86.6 Å². The number of halogens is 1. The number of rotatable bonds is 14. The van der Waals surface area contributed by atoms with Crippen LogP contribution in [0.4, 0.5) is 0 Å². The zero-order valence-electron chi connectivity index (χ0n) is 14.0. The Kier molecular flexibility index (Phi) is 18.1. The van der Waals surface area contributed by atoms with Crippen LogP contribution < -0.4 is 0 Å². The fraction of sp³-hybridized carbons (Fsp3) is 0.895. The van der Waals surface area contributed by atoms with Gasteiger partial charge in [-0.2, -0.15) is 0 Å². The van der Waals surface area contributed by atoms with E-state index in [1.54, 1.807) is 0 Å². The van der Waals surface area contributed by atoms with E-state index >= 15 is 0 Å². The van der Waals surface area contributed by atoms with Crippen LogP contribution in [0.25, 0.3) is 0 Å². The molecule has 1 nitrogen and oxygen atoms in total. The average molecular weight is 359 g/mol. The van der Waals surface area contributed by atoms with Crippen molar-refractivity contribution in [1.82, 2.24) is 0 Å². The van der Waals surface area contributed by atoms with Crippen LogP contribution in [-0.2, 0) is 0 Å². The van der Waals surface area contributed by atoms with Gasteiger partial charge in [-0.3, -0.25) is 0 Å². The molecule has 0 bridgehead atoms. The van der Waals surface area contributed by atoms with E-state index < -0.39 is 6.10 Å². The lowest BCUT2D eigenvalue weighted by Crippen LogP contribution is -2.01. The molecule has 0 spiro atoms. The minimum Gasteiger partial charge on any atom is -0.380 e. The van der Waals surface area contributed by atoms with Crippen molar-refractivity contribution < 1.29 is 5.11 Å². The van der Waals surface area contributed by atoms with Gasteiger partial charge in [-0.25, -0.2) is 0 Å². The van der Waals surface area contributed by atoms with Crippen molar-refractivity contribution in [1.29, 1.82) is 0 Å². The van der Waals surface area contributed by atoms with Gasteiger partial charge in [-0.05, 0) is 25.7 Å². The Hall–Kier alpha value is 0. The van der Waals surface area contributed by atoms with Gasteiger partial charge in [-0.15, -0.1) is 5.92 Å². The van der Waals surface area contributed by atoms with E-state index in [4.69, 9.17) is 0 Å². The standard InChI is InChI=1S/C19H35BrO/c1-2-3-13-16-19(21)17-14-11-9-7-5-4-6-8-10-12-15-18-20/h19,21H,2-13,15-16,18H2,1H3. The molecule has 0 rings (SSSR count). The Bertz CT molecular complexity index is 254. The van der Waals surface area contributed by atoms with Crippen LogP contribution in [0.1, 0.15) is 96.8 Å². The highest BCUT2D eigenvalue weighted by molar-refractivity contribution is 9.09. The highest BCUT2D eigenvalue weighted by Gasteiger charge is 1.97. The summed E-state index contributed by atoms with van der Waals surface area (Å²) in [6.07, 6.45) is 17.0. The second-order valence-electron chi connectivity index (χ2n) is 5.95. The van der Waals surface area contributed by atoms with E-state index in [2.05, 4.69) is 34.7 Å². The van der Waals surface area contributed by atoms with Crippen molar-refractivity contribution in [2.45, 2.75) is 103 Å². The molecule has 0 aromatic carbocycles. The molecular formula is C19H35BrO. The molecule has 0 aromatic rings. The van der Waals surface area contributed by atoms with Crippen LogP contribution in [0.5, 0.6) is 0 Å². The number of unbranched alkanes of at least 4 members (excludes halogenated alkanes) is 11. The van der Waals surface area contributed by atoms with E-state index in [-0.39, 0.29) is 0 Å². The first-order chi connectivity index (χ1) is 10.3. The van der Waals surface area contributed by atoms with E-state index in [0.717, 1.165) is 24.6 Å². The largest absolute Gasteiger partial charge is 0.380 e. The summed E-state index contributed by atoms with van der Waals surface area (Å²) in [5.74, 6) is 6.11. The Labute approximate surface area is 141 Å². The molecular weight excluding hydrogens is 324 g/mol. The highest BCUT2D eigenvalue weighted by atomic mass is 79.9. The zero-order chi connectivity index (χ0) is 15.6. The van der Waals surface area contributed by atoms with Crippen molar-refractivity contribution in [2.75, 3.05) is 5.33 Å². The van der Waals surface area contributed by atoms with Crippen LogP contribution in [0, 0.1) is 11.8 Å². The topological polar surface area (TPSA) is 20.2 Å². The molecule has 0 aliphatic rings. The number of aliphatic hydroxyl groups excluding tert-OH is 1. The third-order valence-corrected chi connectivity index (χ3v) is 4.35. The summed E-state index contributed by atoms with van der Waals surface area (Å²) in [6, 6.07) is 0. The van der Waals surface area contributed by atoms with Gasteiger partial charge in [0.25, 0.3) is 0 Å². The molecule has 1 unspecified atom stereocenters. The van der Waals surface area contributed by atoms with Crippen LogP contribution in [0.2, 0.25) is 0 Å². The van der Waals surface area contributed by atoms with Crippen molar-refractivity contribution >= 4 is 15.9 Å². The number of hydrogen-bond acceptors (Lipinski definition) is 1. The van der Waals surface area contributed by atoms with Gasteiger partial charge >= 0.3 is 0 Å². The second kappa shape index (κ2) is 18.1. The van der Waals surface area contributed by atoms with E-state index in [0.29, 0.717) is 0 Å². The van der Waals surface area contributed by atoms with Gasteiger partial charge in [0.05, 0.1) is 0 Å². The fourth-order valence-electron chi connectivity index (χ4n) is 2.40. The Morgan fingerprint density at radius 3 is 1.95 bits per heavy atom. The Balaban J connectivity index is 3.21. The number of aliphatic hydroxyl groups is 1. The summed E-state index contributed by atoms with van der Waals surface area (Å²) in [6.45, 7) is 2.18. The molecule has 0 aliphatic heterocycles. The van der Waals surface area contributed by atoms with E-state index in [1.165, 1.54) is 70.6 Å². The maximum atomic E-state index is 9.66. The third-order valence-electron chi connectivity index (χ3n) is 3.79. The lowest BCUT2D eigenvalue weighted by molar-refractivity contribution is 0.217. The monoisotopic (exact) mass is 358 g/mol. The first-order valence-corrected chi connectivity index (χ1v) is 10.2. The molecule has 0 amide bonds. The van der Waals surface area contributed by atoms with Crippen molar-refractivity contribution in [3.63, 3.8) is 0 Å². The Morgan fingerprint density at radius 2 is 1.38 bits per heavy atom. The molecule has 1 N–H and O–H groups in total. The summed E-state index contributed by atoms with van der Waals surface area (Å²) >= 11 is 3.47. The Morgan fingerprint density at radius 1 is 0.810 bits per heavy atom. The normalized spacial score (nSPS) is 12.0. The number of alkyl halides is 1. The van der Waals surface area contributed by atoms with Crippen molar-refractivity contribution in [2.24, 2.45) is 0 Å². The summed E-state index contributed by atoms with van der Waals surface area (Å²) < 4.78 is 0. The molecule has 21 heavy (non-hydrogen) atoms. The fourth-order valence-corrected chi connectivity index (χ4v) is 2.79. The first-order valence-electron chi connectivity index (χ1n) is 9.03. The first kappa shape index (κ1) is 21.0. The molecule has 0 saturated carbocycles. The average Bonchev–Trinajstić information content (AvgIpc) is 2.48. The predicted molar refractivity (Wildman–Crippen MR) is 97.9 cm³/mol. The molecule has 0 aromatic heterocycles. The highest BCUT2D eigenvalue weighted by Crippen LogP contribution is 2.11. The van der Waals surface area contributed by atoms with Crippen LogP contribution >= 0.6 is 15.9 Å². The lowest BCUT2D eigenvalue weighted by Gasteiger charge is -2.02. The van der Waals surface area contributed by atoms with Crippen molar-refractivity contribution in [3.05, 3.63) is 0 Å². The smallest absolute Gasteiger partial charge is 0.114 e. The van der Waals surface area contributed by atoms with Gasteiger partial charge < -0.3 is 5.11 Å². The van der Waals surface area contributed by atoms with Crippen LogP contribution in [0.15, 0.2) is 0 Å². The summed E-state index contributed by atoms with van der Waals surface area (Å²) in [5, 5.41) is 10.8. The minimum absolute atomic E-state index is 0.393. The molecule has 0 fully saturated rings. The maximum Gasteiger partial charge on any atom is 0.114 e. The van der Waals surface area contributed by atoms with E-state index in [1.807, 2.05) is 0 Å². The van der Waals surface area contributed by atoms with Gasteiger partial charge in [0, 0.05) is 11.8 Å². The molecule has 1 atom stereocenters. The van der Waals surface area contributed by atoms with Crippen LogP contribution in [0.3, 0.4) is 0 Å². The van der Waals surface area contributed by atoms with Crippen LogP contribution in [-0.4, -0.2) is 16.5 Å². The number of hydrogen-bond donors (Lipinski definition) is 1. The molecule has 0 heterocycles. The lowest BCUT2D eigenvalue weighted by atomic mass is 10.1. The van der Waals surface area contributed by atoms with Gasteiger partial charge in [0.2, 0.25) is 0 Å². The summed E-state index contributed by atoms with van der Waals surface area (Å²) in [4.78, 5) is 0. The van der Waals surface area contributed by atoms with Gasteiger partial charge in [0.15, 0.2) is 0 Å². The molecule has 0 saturated heterocycles. The molecule has 2 heteroatoms. The molecule has 124 valence electrons. The molecule has 0 radical (unpaired) electrons. The SMILES string of the molecule is CCCCCC(O)C#CCCCCCCCCCCCBr. The quantitative estimate of drug-likeness (QED) is 0.221. The maximum absolute atomic E-state index is 9.66. The van der Waals surface area contributed by atoms with E-state index in [9.17, 15) is 5.11 Å². The predicted octanol–water partition coefficient (Wildman–Crippen LogP) is 6.23. The van der Waals surface area contributed by atoms with Crippen molar-refractivity contribution in [3.8, 4) is 11.8 Å². The summed E-state index contributed by atoms with van der Waals surface area (Å²) in [7, 11) is 0. The third kappa shape index (κ3) is 18.0. The minimum atomic E-state index is -0.393. The molecule has 0 aliphatic carbocycles. The second-order valence-corrected chi connectivity index (χ2v) is 6.75. The summed E-state index contributed by atoms with van der Waals surface area (Å²) in [5.41, 5.74) is 0. The zero-order valence-corrected chi connectivity index (χ0v) is 15.6. The van der Waals surface area contributed by atoms with Gasteiger partial charge in [0.1, 0.15) is 6.10 Å².